The monoisotopic (exact) mass is 398 g/mol. The molecule has 0 radical (unpaired) electrons. The van der Waals surface area contributed by atoms with Crippen molar-refractivity contribution in [3.05, 3.63) is 87.8 Å². The molecule has 1 heterocycles. The minimum absolute atomic E-state index is 0.189. The van der Waals surface area contributed by atoms with Crippen LogP contribution in [0, 0.1) is 0 Å². The Kier molecular flexibility index (Phi) is 6.08. The van der Waals surface area contributed by atoms with E-state index < -0.39 is 24.0 Å². The van der Waals surface area contributed by atoms with Crippen LogP contribution < -0.4 is 15.6 Å². The summed E-state index contributed by atoms with van der Waals surface area (Å²) in [6.07, 6.45) is 1.39. The van der Waals surface area contributed by atoms with Crippen LogP contribution in [0.1, 0.15) is 10.4 Å². The normalized spacial score (nSPS) is 10.2. The quantitative estimate of drug-likeness (QED) is 0.618. The second-order valence-electron chi connectivity index (χ2n) is 5.59. The molecule has 0 bridgehead atoms. The van der Waals surface area contributed by atoms with E-state index in [1.165, 1.54) is 24.4 Å². The number of benzene rings is 2. The third-order valence-electron chi connectivity index (χ3n) is 3.56. The second kappa shape index (κ2) is 8.88. The van der Waals surface area contributed by atoms with E-state index in [9.17, 15) is 14.4 Å². The molecule has 0 atom stereocenters. The summed E-state index contributed by atoms with van der Waals surface area (Å²) in [5.41, 5.74) is -0.470. The van der Waals surface area contributed by atoms with Crippen LogP contribution in [0.5, 0.6) is 11.5 Å². The lowest BCUT2D eigenvalue weighted by atomic mass is 10.2. The number of aromatic nitrogens is 1. The number of para-hydroxylation sites is 1. The first kappa shape index (κ1) is 19.2. The minimum atomic E-state index is -0.899. The van der Waals surface area contributed by atoms with Gasteiger partial charge in [-0.1, -0.05) is 29.8 Å². The van der Waals surface area contributed by atoms with Crippen molar-refractivity contribution in [3.8, 4) is 11.5 Å². The van der Waals surface area contributed by atoms with Gasteiger partial charge in [-0.05, 0) is 42.5 Å². The predicted octanol–water partition coefficient (Wildman–Crippen LogP) is 3.62. The lowest BCUT2D eigenvalue weighted by Crippen LogP contribution is -2.24. The van der Waals surface area contributed by atoms with Gasteiger partial charge in [0, 0.05) is 11.2 Å². The summed E-state index contributed by atoms with van der Waals surface area (Å²) in [6.45, 7) is -0.579. The Balaban J connectivity index is 1.66. The molecule has 0 unspecified atom stereocenters. The van der Waals surface area contributed by atoms with Gasteiger partial charge in [-0.15, -0.1) is 0 Å². The lowest BCUT2D eigenvalue weighted by Gasteiger charge is -2.13. The number of nitrogens with one attached hydrogen (secondary N) is 2. The Hall–Kier alpha value is -3.58. The molecule has 2 N–H and O–H groups in total. The molecular weight excluding hydrogens is 384 g/mol. The van der Waals surface area contributed by atoms with Gasteiger partial charge in [0.05, 0.1) is 5.69 Å². The standard InChI is InChI=1S/C20H15ClN2O5/c21-13-8-9-17(28-14-5-2-1-3-6-14)16(11-13)23-18(24)12-27-20(26)15-7-4-10-22-19(15)25/h1-11H,12H2,(H,22,25)(H,23,24). The first-order chi connectivity index (χ1) is 13.5. The Morgan fingerprint density at radius 1 is 1.04 bits per heavy atom. The van der Waals surface area contributed by atoms with E-state index in [1.54, 1.807) is 24.3 Å². The van der Waals surface area contributed by atoms with E-state index in [0.29, 0.717) is 22.2 Å². The maximum Gasteiger partial charge on any atom is 0.344 e. The molecule has 0 fully saturated rings. The van der Waals surface area contributed by atoms with Crippen LogP contribution in [0.25, 0.3) is 0 Å². The van der Waals surface area contributed by atoms with Crippen LogP contribution in [-0.4, -0.2) is 23.5 Å². The van der Waals surface area contributed by atoms with Gasteiger partial charge in [0.2, 0.25) is 0 Å². The highest BCUT2D eigenvalue weighted by Crippen LogP contribution is 2.31. The summed E-state index contributed by atoms with van der Waals surface area (Å²) in [5, 5.41) is 2.97. The average Bonchev–Trinajstić information content (AvgIpc) is 2.69. The highest BCUT2D eigenvalue weighted by atomic mass is 35.5. The zero-order valence-electron chi connectivity index (χ0n) is 14.5. The van der Waals surface area contributed by atoms with E-state index in [-0.39, 0.29) is 5.56 Å². The van der Waals surface area contributed by atoms with Crippen LogP contribution in [0.4, 0.5) is 5.69 Å². The first-order valence-electron chi connectivity index (χ1n) is 8.20. The van der Waals surface area contributed by atoms with Crippen LogP contribution in [-0.2, 0) is 9.53 Å². The van der Waals surface area contributed by atoms with Crippen LogP contribution in [0.2, 0.25) is 5.02 Å². The molecule has 3 rings (SSSR count). The molecule has 2 aromatic carbocycles. The Morgan fingerprint density at radius 2 is 1.82 bits per heavy atom. The van der Waals surface area contributed by atoms with Gasteiger partial charge in [-0.3, -0.25) is 9.59 Å². The molecule has 28 heavy (non-hydrogen) atoms. The maximum atomic E-state index is 12.2. The summed E-state index contributed by atoms with van der Waals surface area (Å²) in [4.78, 5) is 38.0. The molecular formula is C20H15ClN2O5. The molecule has 0 aliphatic heterocycles. The van der Waals surface area contributed by atoms with E-state index in [0.717, 1.165) is 0 Å². The number of carbonyl (C=O) groups excluding carboxylic acids is 2. The molecule has 0 spiro atoms. The van der Waals surface area contributed by atoms with Gasteiger partial charge in [-0.25, -0.2) is 4.79 Å². The van der Waals surface area contributed by atoms with Crippen molar-refractivity contribution in [2.24, 2.45) is 0 Å². The Morgan fingerprint density at radius 3 is 2.57 bits per heavy atom. The van der Waals surface area contributed by atoms with Crippen molar-refractivity contribution >= 4 is 29.2 Å². The number of amides is 1. The van der Waals surface area contributed by atoms with Gasteiger partial charge >= 0.3 is 5.97 Å². The van der Waals surface area contributed by atoms with Gasteiger partial charge in [0.1, 0.15) is 11.3 Å². The van der Waals surface area contributed by atoms with Crippen molar-refractivity contribution in [1.29, 1.82) is 0 Å². The predicted molar refractivity (Wildman–Crippen MR) is 104 cm³/mol. The minimum Gasteiger partial charge on any atom is -0.455 e. The zero-order valence-corrected chi connectivity index (χ0v) is 15.2. The fourth-order valence-corrected chi connectivity index (χ4v) is 2.45. The van der Waals surface area contributed by atoms with E-state index in [2.05, 4.69) is 10.3 Å². The number of anilines is 1. The van der Waals surface area contributed by atoms with E-state index in [4.69, 9.17) is 21.1 Å². The van der Waals surface area contributed by atoms with Gasteiger partial charge in [0.15, 0.2) is 12.4 Å². The number of ether oxygens (including phenoxy) is 2. The summed E-state index contributed by atoms with van der Waals surface area (Å²) >= 11 is 6.00. The number of H-pyrrole nitrogens is 1. The number of pyridine rings is 1. The fourth-order valence-electron chi connectivity index (χ4n) is 2.28. The van der Waals surface area contributed by atoms with E-state index in [1.807, 2.05) is 18.2 Å². The summed E-state index contributed by atoms with van der Waals surface area (Å²) in [6, 6.07) is 16.5. The molecule has 1 aromatic heterocycles. The molecule has 0 saturated carbocycles. The first-order valence-corrected chi connectivity index (χ1v) is 8.58. The van der Waals surface area contributed by atoms with Crippen molar-refractivity contribution in [2.45, 2.75) is 0 Å². The largest absolute Gasteiger partial charge is 0.455 e. The number of rotatable bonds is 6. The van der Waals surface area contributed by atoms with Crippen molar-refractivity contribution in [2.75, 3.05) is 11.9 Å². The molecule has 8 heteroatoms. The van der Waals surface area contributed by atoms with Crippen molar-refractivity contribution in [3.63, 3.8) is 0 Å². The highest BCUT2D eigenvalue weighted by Gasteiger charge is 2.15. The van der Waals surface area contributed by atoms with Gasteiger partial charge in [0.25, 0.3) is 11.5 Å². The Labute approximate surface area is 164 Å². The number of esters is 1. The number of hydrogen-bond acceptors (Lipinski definition) is 5. The van der Waals surface area contributed by atoms with Crippen LogP contribution in [0.3, 0.4) is 0 Å². The van der Waals surface area contributed by atoms with Gasteiger partial charge < -0.3 is 19.8 Å². The number of aromatic amines is 1. The second-order valence-corrected chi connectivity index (χ2v) is 6.03. The van der Waals surface area contributed by atoms with Gasteiger partial charge in [-0.2, -0.15) is 0 Å². The Bertz CT molecular complexity index is 1050. The molecule has 142 valence electrons. The van der Waals surface area contributed by atoms with Crippen LogP contribution >= 0.6 is 11.6 Å². The highest BCUT2D eigenvalue weighted by molar-refractivity contribution is 6.31. The summed E-state index contributed by atoms with van der Waals surface area (Å²) < 4.78 is 10.6. The number of halogens is 1. The smallest absolute Gasteiger partial charge is 0.344 e. The fraction of sp³-hybridized carbons (Fsp3) is 0.0500. The molecule has 0 aliphatic rings. The summed E-state index contributed by atoms with van der Waals surface area (Å²) in [7, 11) is 0. The van der Waals surface area contributed by atoms with Crippen LogP contribution in [0.15, 0.2) is 71.7 Å². The van der Waals surface area contributed by atoms with Crippen molar-refractivity contribution < 1.29 is 19.1 Å². The SMILES string of the molecule is O=C(COC(=O)c1ccc[nH]c1=O)Nc1cc(Cl)ccc1Oc1ccccc1. The number of hydrogen-bond donors (Lipinski definition) is 2. The molecule has 3 aromatic rings. The molecule has 0 aliphatic carbocycles. The summed E-state index contributed by atoms with van der Waals surface area (Å²) in [5.74, 6) is -0.561. The number of carbonyl (C=O) groups is 2. The lowest BCUT2D eigenvalue weighted by molar-refractivity contribution is -0.119. The molecule has 7 nitrogen and oxygen atoms in total. The molecule has 1 amide bonds. The topological polar surface area (TPSA) is 97.5 Å². The third kappa shape index (κ3) is 4.99. The maximum absolute atomic E-state index is 12.2. The van der Waals surface area contributed by atoms with Crippen molar-refractivity contribution in [1.82, 2.24) is 4.98 Å². The average molecular weight is 399 g/mol. The van der Waals surface area contributed by atoms with E-state index >= 15 is 0 Å². The third-order valence-corrected chi connectivity index (χ3v) is 3.79. The molecule has 0 saturated heterocycles. The zero-order chi connectivity index (χ0) is 19.9.